The monoisotopic (exact) mass is 578 g/mol. The van der Waals surface area contributed by atoms with E-state index in [9.17, 15) is 26.7 Å². The molecule has 0 aliphatic carbocycles. The number of aryl methyl sites for hydroxylation is 1. The van der Waals surface area contributed by atoms with E-state index in [1.54, 1.807) is 34.3 Å². The average molecular weight is 579 g/mol. The van der Waals surface area contributed by atoms with Gasteiger partial charge in [0.15, 0.2) is 11.5 Å². The normalized spacial score (nSPS) is 11.2. The highest BCUT2D eigenvalue weighted by Gasteiger charge is 2.38. The molecule has 4 heterocycles. The number of amides is 1. The van der Waals surface area contributed by atoms with Gasteiger partial charge in [0, 0.05) is 30.4 Å². The Labute approximate surface area is 226 Å². The highest BCUT2D eigenvalue weighted by atomic mass is 32.1. The molecule has 40 heavy (non-hydrogen) atoms. The number of carboxylic acid groups (broad SMARTS) is 1. The van der Waals surface area contributed by atoms with Crippen LogP contribution in [0.4, 0.5) is 22.0 Å². The van der Waals surface area contributed by atoms with Crippen molar-refractivity contribution in [2.75, 3.05) is 0 Å². The number of hydrogen-bond acceptors (Lipinski definition) is 6. The van der Waals surface area contributed by atoms with E-state index in [1.165, 1.54) is 12.1 Å². The van der Waals surface area contributed by atoms with E-state index in [1.807, 2.05) is 35.2 Å². The molecule has 0 saturated heterocycles. The zero-order valence-electron chi connectivity index (χ0n) is 20.5. The van der Waals surface area contributed by atoms with Crippen LogP contribution in [0.25, 0.3) is 17.0 Å². The molecule has 0 aliphatic heterocycles. The molecular formula is C25H19F5N6O3S. The average Bonchev–Trinajstić information content (AvgIpc) is 3.60. The van der Waals surface area contributed by atoms with Crippen molar-refractivity contribution in [2.45, 2.75) is 26.2 Å². The summed E-state index contributed by atoms with van der Waals surface area (Å²) in [6, 6.07) is 8.57. The van der Waals surface area contributed by atoms with Crippen LogP contribution in [0.15, 0.2) is 60.5 Å². The first kappa shape index (κ1) is 28.4. The van der Waals surface area contributed by atoms with Crippen LogP contribution in [0.2, 0.25) is 0 Å². The van der Waals surface area contributed by atoms with Crippen molar-refractivity contribution in [3.8, 4) is 11.5 Å². The molecule has 0 unspecified atom stereocenters. The van der Waals surface area contributed by atoms with E-state index in [0.717, 1.165) is 16.8 Å². The van der Waals surface area contributed by atoms with Crippen molar-refractivity contribution in [2.24, 2.45) is 0 Å². The van der Waals surface area contributed by atoms with Gasteiger partial charge in [0.2, 0.25) is 0 Å². The third-order valence-electron chi connectivity index (χ3n) is 5.25. The molecule has 0 fully saturated rings. The van der Waals surface area contributed by atoms with Gasteiger partial charge in [-0.2, -0.15) is 13.2 Å². The van der Waals surface area contributed by atoms with Gasteiger partial charge in [-0.25, -0.2) is 28.5 Å². The summed E-state index contributed by atoms with van der Waals surface area (Å²) in [6.45, 7) is 2.51. The number of benzene rings is 1. The van der Waals surface area contributed by atoms with Crippen molar-refractivity contribution in [3.05, 3.63) is 94.1 Å². The highest BCUT2D eigenvalue weighted by Crippen LogP contribution is 2.22. The van der Waals surface area contributed by atoms with Crippen molar-refractivity contribution in [3.63, 3.8) is 0 Å². The molecule has 0 bridgehead atoms. The minimum atomic E-state index is -5.08. The van der Waals surface area contributed by atoms with Gasteiger partial charge >= 0.3 is 12.1 Å². The molecule has 2 N–H and O–H groups in total. The number of nitrogens with zero attached hydrogens (tertiary/aromatic N) is 5. The Bertz CT molecular complexity index is 1660. The minimum Gasteiger partial charge on any atom is -0.475 e. The number of pyridine rings is 1. The molecule has 1 aromatic carbocycles. The molecular weight excluding hydrogens is 559 g/mol. The largest absolute Gasteiger partial charge is 0.490 e. The molecule has 0 spiro atoms. The Balaban J connectivity index is 0.000000470. The standard InChI is InChI=1S/C23H18F2N6OS.C2HF3O2/c1-14-28-18(12-33-14)10-30-11-19(27-13-30)22-29-21(20-4-2-3-5-31(20)22)23(32)26-9-15-6-16(24)8-17(25)7-15;3-2(4,5)1(6)7/h2-8,11-13H,9-10H2,1H3,(H,26,32);(H,6,7). The molecule has 0 atom stereocenters. The molecule has 9 nitrogen and oxygen atoms in total. The fourth-order valence-electron chi connectivity index (χ4n) is 3.59. The smallest absolute Gasteiger partial charge is 0.475 e. The Kier molecular flexibility index (Phi) is 8.23. The van der Waals surface area contributed by atoms with Gasteiger partial charge in [-0.05, 0) is 36.8 Å². The number of thiazole rings is 1. The summed E-state index contributed by atoms with van der Waals surface area (Å²) in [5.41, 5.74) is 2.67. The van der Waals surface area contributed by atoms with Gasteiger partial charge < -0.3 is 15.0 Å². The molecule has 0 aliphatic rings. The third kappa shape index (κ3) is 6.85. The first-order valence-electron chi connectivity index (χ1n) is 11.3. The maximum absolute atomic E-state index is 13.4. The van der Waals surface area contributed by atoms with Crippen molar-refractivity contribution >= 4 is 28.7 Å². The van der Waals surface area contributed by atoms with Gasteiger partial charge in [0.1, 0.15) is 17.3 Å². The van der Waals surface area contributed by atoms with E-state index in [-0.39, 0.29) is 12.2 Å². The molecule has 5 rings (SSSR count). The molecule has 15 heteroatoms. The first-order valence-corrected chi connectivity index (χ1v) is 12.2. The van der Waals surface area contributed by atoms with Crippen LogP contribution in [0, 0.1) is 18.6 Å². The number of aromatic nitrogens is 5. The maximum atomic E-state index is 13.4. The quantitative estimate of drug-likeness (QED) is 0.279. The maximum Gasteiger partial charge on any atom is 0.490 e. The van der Waals surface area contributed by atoms with E-state index in [4.69, 9.17) is 9.90 Å². The van der Waals surface area contributed by atoms with E-state index < -0.39 is 29.7 Å². The lowest BCUT2D eigenvalue weighted by atomic mass is 10.2. The number of rotatable bonds is 6. The van der Waals surface area contributed by atoms with Gasteiger partial charge in [-0.3, -0.25) is 9.20 Å². The van der Waals surface area contributed by atoms with Crippen molar-refractivity contribution in [1.82, 2.24) is 29.2 Å². The summed E-state index contributed by atoms with van der Waals surface area (Å²) >= 11 is 1.59. The number of imidazole rings is 2. The zero-order valence-corrected chi connectivity index (χ0v) is 21.3. The number of halogens is 5. The Morgan fingerprint density at radius 3 is 2.42 bits per heavy atom. The predicted octanol–water partition coefficient (Wildman–Crippen LogP) is 4.85. The number of carboxylic acids is 1. The van der Waals surface area contributed by atoms with Crippen LogP contribution in [-0.4, -0.2) is 47.1 Å². The summed E-state index contributed by atoms with van der Waals surface area (Å²) in [6.07, 6.45) is 0.277. The van der Waals surface area contributed by atoms with Crippen LogP contribution in [-0.2, 0) is 17.9 Å². The van der Waals surface area contributed by atoms with E-state index in [2.05, 4.69) is 20.3 Å². The Hall–Kier alpha value is -4.66. The lowest BCUT2D eigenvalue weighted by molar-refractivity contribution is -0.192. The van der Waals surface area contributed by atoms with Crippen LogP contribution in [0.5, 0.6) is 0 Å². The fraction of sp³-hybridized carbons (Fsp3) is 0.160. The van der Waals surface area contributed by atoms with Crippen molar-refractivity contribution < 1.29 is 36.6 Å². The van der Waals surface area contributed by atoms with E-state index in [0.29, 0.717) is 29.1 Å². The molecule has 0 radical (unpaired) electrons. The summed E-state index contributed by atoms with van der Waals surface area (Å²) < 4.78 is 62.3. The van der Waals surface area contributed by atoms with Gasteiger partial charge in [0.25, 0.3) is 5.91 Å². The number of alkyl halides is 3. The van der Waals surface area contributed by atoms with Crippen molar-refractivity contribution in [1.29, 1.82) is 0 Å². The highest BCUT2D eigenvalue weighted by molar-refractivity contribution is 7.09. The molecule has 0 saturated carbocycles. The third-order valence-corrected chi connectivity index (χ3v) is 6.08. The number of carbonyl (C=O) groups is 2. The summed E-state index contributed by atoms with van der Waals surface area (Å²) in [7, 11) is 0. The minimum absolute atomic E-state index is 0.0314. The lowest BCUT2D eigenvalue weighted by Crippen LogP contribution is -2.23. The number of nitrogens with one attached hydrogen (secondary N) is 1. The molecule has 5 aromatic rings. The van der Waals surface area contributed by atoms with Crippen LogP contribution >= 0.6 is 11.3 Å². The molecule has 4 aromatic heterocycles. The fourth-order valence-corrected chi connectivity index (χ4v) is 4.20. The van der Waals surface area contributed by atoms with Crippen LogP contribution < -0.4 is 5.32 Å². The second-order valence-electron chi connectivity index (χ2n) is 8.29. The topological polar surface area (TPSA) is 114 Å². The molecule has 208 valence electrons. The number of hydrogen-bond donors (Lipinski definition) is 2. The second-order valence-corrected chi connectivity index (χ2v) is 9.35. The second kappa shape index (κ2) is 11.6. The zero-order chi connectivity index (χ0) is 29.0. The first-order chi connectivity index (χ1) is 18.9. The SMILES string of the molecule is Cc1nc(Cn2cnc(-c3nc(C(=O)NCc4cc(F)cc(F)c4)c4ccccn34)c2)cs1.O=C(O)C(F)(F)F. The Morgan fingerprint density at radius 1 is 1.10 bits per heavy atom. The number of aliphatic carboxylic acids is 1. The van der Waals surface area contributed by atoms with Gasteiger partial charge in [-0.1, -0.05) is 6.07 Å². The lowest BCUT2D eigenvalue weighted by Gasteiger charge is -2.04. The summed E-state index contributed by atoms with van der Waals surface area (Å²) in [5.74, 6) is -4.09. The van der Waals surface area contributed by atoms with Gasteiger partial charge in [-0.15, -0.1) is 11.3 Å². The molecule has 1 amide bonds. The van der Waals surface area contributed by atoms with Crippen LogP contribution in [0.1, 0.15) is 26.8 Å². The predicted molar refractivity (Wildman–Crippen MR) is 134 cm³/mol. The van der Waals surface area contributed by atoms with E-state index >= 15 is 0 Å². The number of fused-ring (bicyclic) bond motifs is 1. The Morgan fingerprint density at radius 2 is 1.80 bits per heavy atom. The van der Waals surface area contributed by atoms with Gasteiger partial charge in [0.05, 0.1) is 29.1 Å². The summed E-state index contributed by atoms with van der Waals surface area (Å²) in [5, 5.41) is 12.8. The van der Waals surface area contributed by atoms with Crippen LogP contribution in [0.3, 0.4) is 0 Å². The summed E-state index contributed by atoms with van der Waals surface area (Å²) in [4.78, 5) is 35.3. The number of carbonyl (C=O) groups excluding carboxylic acids is 1.